The smallest absolute Gasteiger partial charge is 0.0997 e. The number of rotatable bonds is 3. The van der Waals surface area contributed by atoms with Crippen LogP contribution in [-0.4, -0.2) is 15.6 Å². The van der Waals surface area contributed by atoms with Gasteiger partial charge in [-0.2, -0.15) is 0 Å². The molecular formula is C15H21N3. The third kappa shape index (κ3) is 2.46. The second-order valence-electron chi connectivity index (χ2n) is 5.09. The molecule has 1 aromatic carbocycles. The van der Waals surface area contributed by atoms with Crippen LogP contribution in [0.1, 0.15) is 29.4 Å². The molecule has 2 rings (SSSR count). The fourth-order valence-electron chi connectivity index (χ4n) is 2.15. The van der Waals surface area contributed by atoms with Crippen molar-refractivity contribution in [1.82, 2.24) is 9.55 Å². The molecule has 0 saturated carbocycles. The Morgan fingerprint density at radius 2 is 2.00 bits per heavy atom. The number of benzene rings is 1. The maximum Gasteiger partial charge on any atom is 0.0997 e. The van der Waals surface area contributed by atoms with E-state index in [4.69, 9.17) is 5.73 Å². The number of hydrogen-bond acceptors (Lipinski definition) is 2. The zero-order valence-electron chi connectivity index (χ0n) is 11.6. The predicted octanol–water partition coefficient (Wildman–Crippen LogP) is 2.69. The Hall–Kier alpha value is -1.61. The van der Waals surface area contributed by atoms with Gasteiger partial charge in [0.2, 0.25) is 0 Å². The first kappa shape index (κ1) is 12.8. The van der Waals surface area contributed by atoms with Crippen LogP contribution >= 0.6 is 0 Å². The SMILES string of the molecule is Cc1ccc(CC(C)N)cc1-n1cnc(C)c1C. The van der Waals surface area contributed by atoms with Crippen molar-refractivity contribution in [1.29, 1.82) is 0 Å². The summed E-state index contributed by atoms with van der Waals surface area (Å²) < 4.78 is 2.15. The molecule has 0 saturated heterocycles. The number of aryl methyl sites for hydroxylation is 2. The predicted molar refractivity (Wildman–Crippen MR) is 75.1 cm³/mol. The average Bonchev–Trinajstić information content (AvgIpc) is 2.62. The van der Waals surface area contributed by atoms with Crippen LogP contribution in [-0.2, 0) is 6.42 Å². The quantitative estimate of drug-likeness (QED) is 0.900. The molecule has 1 unspecified atom stereocenters. The summed E-state index contributed by atoms with van der Waals surface area (Å²) in [5, 5.41) is 0. The highest BCUT2D eigenvalue weighted by Crippen LogP contribution is 2.20. The van der Waals surface area contributed by atoms with Gasteiger partial charge in [-0.05, 0) is 51.3 Å². The second-order valence-corrected chi connectivity index (χ2v) is 5.09. The molecule has 1 aromatic heterocycles. The molecule has 0 aliphatic heterocycles. The van der Waals surface area contributed by atoms with Gasteiger partial charge in [-0.1, -0.05) is 12.1 Å². The number of hydrogen-bond donors (Lipinski definition) is 1. The fourth-order valence-corrected chi connectivity index (χ4v) is 2.15. The van der Waals surface area contributed by atoms with E-state index in [0.717, 1.165) is 12.1 Å². The van der Waals surface area contributed by atoms with E-state index < -0.39 is 0 Å². The van der Waals surface area contributed by atoms with Gasteiger partial charge in [-0.3, -0.25) is 0 Å². The summed E-state index contributed by atoms with van der Waals surface area (Å²) in [6.45, 7) is 8.29. The largest absolute Gasteiger partial charge is 0.328 e. The van der Waals surface area contributed by atoms with Crippen LogP contribution in [0.25, 0.3) is 5.69 Å². The maximum atomic E-state index is 5.87. The summed E-state index contributed by atoms with van der Waals surface area (Å²) in [6.07, 6.45) is 2.79. The Kier molecular flexibility index (Phi) is 3.53. The number of aromatic nitrogens is 2. The van der Waals surface area contributed by atoms with Crippen LogP contribution in [0.5, 0.6) is 0 Å². The van der Waals surface area contributed by atoms with E-state index in [9.17, 15) is 0 Å². The summed E-state index contributed by atoms with van der Waals surface area (Å²) >= 11 is 0. The summed E-state index contributed by atoms with van der Waals surface area (Å²) in [5.74, 6) is 0. The highest BCUT2D eigenvalue weighted by molar-refractivity contribution is 5.45. The van der Waals surface area contributed by atoms with Gasteiger partial charge in [-0.25, -0.2) is 4.98 Å². The second kappa shape index (κ2) is 4.94. The molecule has 1 atom stereocenters. The molecule has 96 valence electrons. The molecule has 0 fully saturated rings. The van der Waals surface area contributed by atoms with E-state index in [-0.39, 0.29) is 6.04 Å². The van der Waals surface area contributed by atoms with E-state index in [1.165, 1.54) is 22.5 Å². The summed E-state index contributed by atoms with van der Waals surface area (Å²) in [6, 6.07) is 6.71. The van der Waals surface area contributed by atoms with Gasteiger partial charge in [0, 0.05) is 17.4 Å². The van der Waals surface area contributed by atoms with Crippen molar-refractivity contribution < 1.29 is 0 Å². The van der Waals surface area contributed by atoms with Crippen molar-refractivity contribution in [2.75, 3.05) is 0 Å². The molecule has 0 radical (unpaired) electrons. The summed E-state index contributed by atoms with van der Waals surface area (Å²) in [5.41, 5.74) is 11.9. The van der Waals surface area contributed by atoms with Crippen LogP contribution in [0, 0.1) is 20.8 Å². The van der Waals surface area contributed by atoms with E-state index in [0.29, 0.717) is 0 Å². The van der Waals surface area contributed by atoms with Crippen LogP contribution in [0.2, 0.25) is 0 Å². The van der Waals surface area contributed by atoms with Crippen molar-refractivity contribution in [2.24, 2.45) is 5.73 Å². The Balaban J connectivity index is 2.46. The minimum atomic E-state index is 0.186. The van der Waals surface area contributed by atoms with E-state index >= 15 is 0 Å². The molecule has 3 heteroatoms. The molecule has 0 amide bonds. The first-order chi connectivity index (χ1) is 8.49. The molecule has 1 heterocycles. The first-order valence-electron chi connectivity index (χ1n) is 6.35. The molecule has 18 heavy (non-hydrogen) atoms. The Labute approximate surface area is 109 Å². The third-order valence-electron chi connectivity index (χ3n) is 3.34. The topological polar surface area (TPSA) is 43.8 Å². The van der Waals surface area contributed by atoms with Gasteiger partial charge >= 0.3 is 0 Å². The minimum Gasteiger partial charge on any atom is -0.328 e. The van der Waals surface area contributed by atoms with Gasteiger partial charge in [0.1, 0.15) is 0 Å². The zero-order valence-corrected chi connectivity index (χ0v) is 11.6. The fraction of sp³-hybridized carbons (Fsp3) is 0.400. The van der Waals surface area contributed by atoms with Gasteiger partial charge in [-0.15, -0.1) is 0 Å². The summed E-state index contributed by atoms with van der Waals surface area (Å²) in [7, 11) is 0. The monoisotopic (exact) mass is 243 g/mol. The first-order valence-corrected chi connectivity index (χ1v) is 6.35. The Bertz CT molecular complexity index is 553. The number of nitrogens with zero attached hydrogens (tertiary/aromatic N) is 2. The Morgan fingerprint density at radius 1 is 1.28 bits per heavy atom. The lowest BCUT2D eigenvalue weighted by Crippen LogP contribution is -2.18. The minimum absolute atomic E-state index is 0.186. The van der Waals surface area contributed by atoms with Crippen molar-refractivity contribution in [3.05, 3.63) is 47.0 Å². The van der Waals surface area contributed by atoms with Gasteiger partial charge in [0.05, 0.1) is 12.0 Å². The molecule has 0 spiro atoms. The van der Waals surface area contributed by atoms with Gasteiger partial charge < -0.3 is 10.3 Å². The lowest BCUT2D eigenvalue weighted by atomic mass is 10.0. The van der Waals surface area contributed by atoms with Crippen molar-refractivity contribution >= 4 is 0 Å². The number of nitrogens with two attached hydrogens (primary N) is 1. The zero-order chi connectivity index (χ0) is 13.3. The van der Waals surface area contributed by atoms with Crippen LogP contribution < -0.4 is 5.73 Å². The standard InChI is InChI=1S/C15H21N3/c1-10-5-6-14(7-11(2)16)8-15(10)18-9-17-12(3)13(18)4/h5-6,8-9,11H,7,16H2,1-4H3. The highest BCUT2D eigenvalue weighted by Gasteiger charge is 2.08. The van der Waals surface area contributed by atoms with Crippen LogP contribution in [0.3, 0.4) is 0 Å². The summed E-state index contributed by atoms with van der Waals surface area (Å²) in [4.78, 5) is 4.36. The Morgan fingerprint density at radius 3 is 2.56 bits per heavy atom. The lowest BCUT2D eigenvalue weighted by Gasteiger charge is -2.13. The van der Waals surface area contributed by atoms with Crippen LogP contribution in [0.4, 0.5) is 0 Å². The molecular weight excluding hydrogens is 222 g/mol. The van der Waals surface area contributed by atoms with Crippen LogP contribution in [0.15, 0.2) is 24.5 Å². The average molecular weight is 243 g/mol. The van der Waals surface area contributed by atoms with E-state index in [1.54, 1.807) is 0 Å². The molecule has 3 nitrogen and oxygen atoms in total. The third-order valence-corrected chi connectivity index (χ3v) is 3.34. The molecule has 0 aliphatic rings. The van der Waals surface area contributed by atoms with Crippen molar-refractivity contribution in [3.63, 3.8) is 0 Å². The molecule has 2 aromatic rings. The van der Waals surface area contributed by atoms with Crippen molar-refractivity contribution in [2.45, 2.75) is 40.2 Å². The lowest BCUT2D eigenvalue weighted by molar-refractivity contribution is 0.737. The highest BCUT2D eigenvalue weighted by atomic mass is 15.1. The normalized spacial score (nSPS) is 12.7. The molecule has 0 bridgehead atoms. The van der Waals surface area contributed by atoms with Crippen molar-refractivity contribution in [3.8, 4) is 5.69 Å². The van der Waals surface area contributed by atoms with Gasteiger partial charge in [0.15, 0.2) is 0 Å². The van der Waals surface area contributed by atoms with E-state index in [2.05, 4.69) is 41.6 Å². The number of imidazole rings is 1. The molecule has 2 N–H and O–H groups in total. The van der Waals surface area contributed by atoms with Gasteiger partial charge in [0.25, 0.3) is 0 Å². The van der Waals surface area contributed by atoms with E-state index in [1.807, 2.05) is 20.2 Å². The molecule has 0 aliphatic carbocycles. The maximum absolute atomic E-state index is 5.87.